The third-order valence-electron chi connectivity index (χ3n) is 9.33. The predicted octanol–water partition coefficient (Wildman–Crippen LogP) is 3.66. The van der Waals surface area contributed by atoms with E-state index in [0.29, 0.717) is 50.4 Å². The number of nitrogens with zero attached hydrogens (tertiary/aromatic N) is 3. The highest BCUT2D eigenvalue weighted by Crippen LogP contribution is 2.51. The van der Waals surface area contributed by atoms with Crippen molar-refractivity contribution in [3.8, 4) is 0 Å². The number of hydrogen-bond acceptors (Lipinski definition) is 6. The Bertz CT molecular complexity index is 1210. The van der Waals surface area contributed by atoms with Crippen LogP contribution in [0.3, 0.4) is 0 Å². The SMILES string of the molecule is CO[C@@H]1COCC[C@@H]1N[C@@H]1C[C@H]2CN(Cc3ccccc3)C[C@@]2(C(=O)N2CCc3ncc(C(F)(F)F)cc3C2)C1. The Labute approximate surface area is 233 Å². The third-order valence-corrected chi connectivity index (χ3v) is 9.33. The molecular formula is C30H37F3N4O3. The standard InChI is InChI=1S/C30H37F3N4O3/c1-39-27-18-40-10-8-26(27)35-24-12-23-17-36(15-20-5-3-2-4-6-20)19-29(23,13-24)28(38)37-9-7-25-21(16-37)11-22(14-34-25)30(31,32)33/h2-6,11,14,23-24,26-27,35H,7-10,12-13,15-19H2,1H3/t23-,24+,26-,27+,29-/m0/s1. The molecule has 1 aromatic carbocycles. The maximum atomic E-state index is 14.4. The van der Waals surface area contributed by atoms with Gasteiger partial charge in [0.05, 0.1) is 23.7 Å². The molecule has 1 aromatic heterocycles. The summed E-state index contributed by atoms with van der Waals surface area (Å²) in [6.45, 7) is 4.13. The molecule has 3 fully saturated rings. The van der Waals surface area contributed by atoms with Crippen LogP contribution in [0.4, 0.5) is 13.2 Å². The van der Waals surface area contributed by atoms with Crippen molar-refractivity contribution < 1.29 is 27.4 Å². The second kappa shape index (κ2) is 11.0. The molecule has 4 heterocycles. The van der Waals surface area contributed by atoms with Crippen LogP contribution >= 0.6 is 0 Å². The zero-order chi connectivity index (χ0) is 27.9. The van der Waals surface area contributed by atoms with Gasteiger partial charge in [0.2, 0.25) is 5.91 Å². The maximum absolute atomic E-state index is 14.4. The molecule has 3 aliphatic heterocycles. The molecule has 0 radical (unpaired) electrons. The number of fused-ring (bicyclic) bond motifs is 2. The van der Waals surface area contributed by atoms with Gasteiger partial charge in [0, 0.05) is 76.8 Å². The second-order valence-electron chi connectivity index (χ2n) is 11.9. The molecule has 216 valence electrons. The number of hydrogen-bond donors (Lipinski definition) is 1. The Hall–Kier alpha value is -2.53. The minimum atomic E-state index is -4.46. The lowest BCUT2D eigenvalue weighted by Crippen LogP contribution is -2.52. The Morgan fingerprint density at radius 2 is 2.10 bits per heavy atom. The van der Waals surface area contributed by atoms with E-state index in [9.17, 15) is 18.0 Å². The summed E-state index contributed by atoms with van der Waals surface area (Å²) in [6.07, 6.45) is -0.666. The average Bonchev–Trinajstić information content (AvgIpc) is 3.46. The van der Waals surface area contributed by atoms with Crippen LogP contribution in [-0.4, -0.2) is 78.8 Å². The van der Waals surface area contributed by atoms with E-state index in [0.717, 1.165) is 32.1 Å². The lowest BCUT2D eigenvalue weighted by atomic mass is 9.78. The average molecular weight is 559 g/mol. The zero-order valence-corrected chi connectivity index (χ0v) is 22.8. The number of rotatable bonds is 6. The normalized spacial score (nSPS) is 30.8. The molecule has 0 bridgehead atoms. The van der Waals surface area contributed by atoms with Gasteiger partial charge < -0.3 is 19.7 Å². The fraction of sp³-hybridized carbons (Fsp3) is 0.600. The first-order valence-corrected chi connectivity index (χ1v) is 14.2. The molecule has 0 unspecified atom stereocenters. The maximum Gasteiger partial charge on any atom is 0.417 e. The van der Waals surface area contributed by atoms with Crippen molar-refractivity contribution in [1.29, 1.82) is 0 Å². The molecule has 0 spiro atoms. The van der Waals surface area contributed by atoms with Crippen molar-refractivity contribution in [2.75, 3.05) is 40.0 Å². The van der Waals surface area contributed by atoms with Gasteiger partial charge in [-0.25, -0.2) is 0 Å². The third kappa shape index (κ3) is 5.38. The molecule has 1 saturated carbocycles. The fourth-order valence-electron chi connectivity index (χ4n) is 7.40. The van der Waals surface area contributed by atoms with Gasteiger partial charge in [0.1, 0.15) is 0 Å². The highest BCUT2D eigenvalue weighted by atomic mass is 19.4. The van der Waals surface area contributed by atoms with Crippen molar-refractivity contribution in [3.05, 3.63) is 65.0 Å². The van der Waals surface area contributed by atoms with Crippen molar-refractivity contribution in [2.45, 2.75) is 63.1 Å². The fourth-order valence-corrected chi connectivity index (χ4v) is 7.40. The second-order valence-corrected chi connectivity index (χ2v) is 11.9. The molecular weight excluding hydrogens is 521 g/mol. The van der Waals surface area contributed by atoms with Gasteiger partial charge in [-0.1, -0.05) is 30.3 Å². The molecule has 5 atom stereocenters. The van der Waals surface area contributed by atoms with E-state index < -0.39 is 17.2 Å². The monoisotopic (exact) mass is 558 g/mol. The quantitative estimate of drug-likeness (QED) is 0.584. The van der Waals surface area contributed by atoms with Crippen LogP contribution < -0.4 is 5.32 Å². The molecule has 7 nitrogen and oxygen atoms in total. The first-order valence-electron chi connectivity index (χ1n) is 14.2. The largest absolute Gasteiger partial charge is 0.417 e. The first-order chi connectivity index (χ1) is 19.2. The molecule has 40 heavy (non-hydrogen) atoms. The number of ether oxygens (including phenoxy) is 2. The summed E-state index contributed by atoms with van der Waals surface area (Å²) in [5, 5.41) is 3.80. The number of benzene rings is 1. The highest BCUT2D eigenvalue weighted by Gasteiger charge is 2.58. The number of alkyl halides is 3. The van der Waals surface area contributed by atoms with Gasteiger partial charge in [-0.15, -0.1) is 0 Å². The number of carbonyl (C=O) groups excluding carboxylic acids is 1. The molecule has 10 heteroatoms. The molecule has 1 aliphatic carbocycles. The molecule has 1 N–H and O–H groups in total. The number of amides is 1. The Morgan fingerprint density at radius 3 is 2.88 bits per heavy atom. The summed E-state index contributed by atoms with van der Waals surface area (Å²) in [5.74, 6) is 0.235. The minimum absolute atomic E-state index is 0.0238. The number of aromatic nitrogens is 1. The van der Waals surface area contributed by atoms with Crippen molar-refractivity contribution in [2.24, 2.45) is 11.3 Å². The van der Waals surface area contributed by atoms with E-state index in [1.54, 1.807) is 12.0 Å². The Balaban J connectivity index is 1.23. The smallest absolute Gasteiger partial charge is 0.379 e. The van der Waals surface area contributed by atoms with E-state index >= 15 is 0 Å². The summed E-state index contributed by atoms with van der Waals surface area (Å²) in [5.41, 5.74) is 1.02. The van der Waals surface area contributed by atoms with Gasteiger partial charge in [-0.3, -0.25) is 14.7 Å². The van der Waals surface area contributed by atoms with E-state index in [1.165, 1.54) is 11.6 Å². The summed E-state index contributed by atoms with van der Waals surface area (Å²) >= 11 is 0. The van der Waals surface area contributed by atoms with Crippen LogP contribution in [0.1, 0.15) is 41.6 Å². The zero-order valence-electron chi connectivity index (χ0n) is 22.8. The summed E-state index contributed by atoms with van der Waals surface area (Å²) in [6, 6.07) is 11.8. The minimum Gasteiger partial charge on any atom is -0.379 e. The topological polar surface area (TPSA) is 66.9 Å². The van der Waals surface area contributed by atoms with E-state index in [2.05, 4.69) is 27.3 Å². The molecule has 2 saturated heterocycles. The number of methoxy groups -OCH3 is 1. The van der Waals surface area contributed by atoms with Gasteiger partial charge in [0.15, 0.2) is 0 Å². The van der Waals surface area contributed by atoms with E-state index in [1.807, 2.05) is 18.2 Å². The molecule has 6 rings (SSSR count). The van der Waals surface area contributed by atoms with Gasteiger partial charge in [-0.2, -0.15) is 13.2 Å². The summed E-state index contributed by atoms with van der Waals surface area (Å²) in [7, 11) is 1.71. The van der Waals surface area contributed by atoms with Crippen molar-refractivity contribution >= 4 is 5.91 Å². The summed E-state index contributed by atoms with van der Waals surface area (Å²) < 4.78 is 51.5. The van der Waals surface area contributed by atoms with Crippen LogP contribution in [-0.2, 0) is 40.0 Å². The summed E-state index contributed by atoms with van der Waals surface area (Å²) in [4.78, 5) is 22.7. The van der Waals surface area contributed by atoms with Crippen molar-refractivity contribution in [1.82, 2.24) is 20.1 Å². The van der Waals surface area contributed by atoms with E-state index in [4.69, 9.17) is 9.47 Å². The number of halogens is 3. The number of likely N-dealkylation sites (tertiary alicyclic amines) is 1. The van der Waals surface area contributed by atoms with Crippen molar-refractivity contribution in [3.63, 3.8) is 0 Å². The Morgan fingerprint density at radius 1 is 1.27 bits per heavy atom. The molecule has 4 aliphatic rings. The van der Waals surface area contributed by atoms with Gasteiger partial charge in [0.25, 0.3) is 0 Å². The number of nitrogens with one attached hydrogen (secondary N) is 1. The van der Waals surface area contributed by atoms with E-state index in [-0.39, 0.29) is 36.6 Å². The lowest BCUT2D eigenvalue weighted by molar-refractivity contribution is -0.144. The first kappa shape index (κ1) is 27.6. The van der Waals surface area contributed by atoms with Crippen LogP contribution in [0, 0.1) is 11.3 Å². The van der Waals surface area contributed by atoms with Crippen LogP contribution in [0.25, 0.3) is 0 Å². The highest BCUT2D eigenvalue weighted by molar-refractivity contribution is 5.84. The lowest BCUT2D eigenvalue weighted by Gasteiger charge is -2.38. The molecule has 2 aromatic rings. The van der Waals surface area contributed by atoms with Gasteiger partial charge in [-0.05, 0) is 42.4 Å². The van der Waals surface area contributed by atoms with Gasteiger partial charge >= 0.3 is 6.18 Å². The van der Waals surface area contributed by atoms with Crippen LogP contribution in [0.5, 0.6) is 0 Å². The number of carbonyl (C=O) groups is 1. The number of pyridine rings is 1. The Kier molecular flexibility index (Phi) is 7.63. The predicted molar refractivity (Wildman–Crippen MR) is 142 cm³/mol. The van der Waals surface area contributed by atoms with Crippen LogP contribution in [0.15, 0.2) is 42.6 Å². The molecule has 1 amide bonds. The van der Waals surface area contributed by atoms with Crippen LogP contribution in [0.2, 0.25) is 0 Å².